The molecule has 0 spiro atoms. The second kappa shape index (κ2) is 7.84. The highest BCUT2D eigenvalue weighted by molar-refractivity contribution is 7.21. The number of fused-ring (bicyclic) bond motifs is 2. The molecule has 2 amide bonds. The molecule has 0 aromatic carbocycles. The molecule has 0 aliphatic rings. The molecule has 0 fully saturated rings. The number of nitrogens with two attached hydrogens (primary N) is 1. The van der Waals surface area contributed by atoms with Crippen molar-refractivity contribution in [2.75, 3.05) is 5.32 Å². The lowest BCUT2D eigenvalue weighted by atomic mass is 10.1. The molecule has 0 aliphatic heterocycles. The van der Waals surface area contributed by atoms with Crippen molar-refractivity contribution in [2.24, 2.45) is 5.73 Å². The Morgan fingerprint density at radius 2 is 1.79 bits per heavy atom. The Hall–Kier alpha value is -3.39. The predicted molar refractivity (Wildman–Crippen MR) is 113 cm³/mol. The third-order valence-corrected chi connectivity index (χ3v) is 5.98. The zero-order valence-electron chi connectivity index (χ0n) is 17.1. The number of thiophene rings is 1. The number of carbonyl (C=O) groups is 2. The van der Waals surface area contributed by atoms with Crippen molar-refractivity contribution in [2.45, 2.75) is 25.4 Å². The molecule has 0 atom stereocenters. The van der Waals surface area contributed by atoms with E-state index in [0.29, 0.717) is 15.9 Å². The van der Waals surface area contributed by atoms with Crippen LogP contribution in [0.3, 0.4) is 0 Å². The maximum Gasteiger partial charge on any atom is 0.433 e. The van der Waals surface area contributed by atoms with Gasteiger partial charge < -0.3 is 11.1 Å². The molecule has 0 radical (unpaired) electrons. The number of nitrogens with one attached hydrogen (secondary N) is 1. The van der Waals surface area contributed by atoms with E-state index in [1.54, 1.807) is 0 Å². The maximum atomic E-state index is 13.8. The van der Waals surface area contributed by atoms with Gasteiger partial charge in [-0.1, -0.05) is 0 Å². The minimum atomic E-state index is -4.73. The van der Waals surface area contributed by atoms with Crippen molar-refractivity contribution in [1.82, 2.24) is 19.6 Å². The van der Waals surface area contributed by atoms with Crippen molar-refractivity contribution < 1.29 is 31.5 Å². The number of rotatable bonds is 4. The Morgan fingerprint density at radius 1 is 1.12 bits per heavy atom. The van der Waals surface area contributed by atoms with Crippen LogP contribution in [0.2, 0.25) is 0 Å². The number of carbonyl (C=O) groups excluding carboxylic acids is 2. The van der Waals surface area contributed by atoms with Crippen LogP contribution in [-0.2, 0) is 11.6 Å². The van der Waals surface area contributed by atoms with E-state index in [1.165, 1.54) is 13.8 Å². The fraction of sp³-hybridized carbons (Fsp3) is 0.211. The summed E-state index contributed by atoms with van der Waals surface area (Å²) in [4.78, 5) is 32.0. The van der Waals surface area contributed by atoms with Gasteiger partial charge in [0, 0.05) is 17.1 Å². The second-order valence-corrected chi connectivity index (χ2v) is 8.68. The number of anilines is 1. The topological polar surface area (TPSA) is 115 Å². The fourth-order valence-corrected chi connectivity index (χ4v) is 4.50. The number of hydrogen-bond donors (Lipinski definition) is 2. The van der Waals surface area contributed by atoms with Gasteiger partial charge in [0.15, 0.2) is 11.3 Å². The highest BCUT2D eigenvalue weighted by atomic mass is 35.5. The summed E-state index contributed by atoms with van der Waals surface area (Å²) < 4.78 is 67.7. The zero-order valence-corrected chi connectivity index (χ0v) is 18.7. The van der Waals surface area contributed by atoms with Crippen LogP contribution in [0.4, 0.5) is 27.6 Å². The highest BCUT2D eigenvalue weighted by Gasteiger charge is 2.35. The molecule has 3 N–H and O–H groups in total. The summed E-state index contributed by atoms with van der Waals surface area (Å²) in [6, 6.07) is 2.88. The van der Waals surface area contributed by atoms with E-state index in [0.717, 1.165) is 18.2 Å². The Labute approximate surface area is 195 Å². The highest BCUT2D eigenvalue weighted by Crippen LogP contribution is 2.40. The first-order chi connectivity index (χ1) is 15.7. The number of pyridine rings is 1. The first-order valence-electron chi connectivity index (χ1n) is 9.24. The van der Waals surface area contributed by atoms with Gasteiger partial charge in [0.05, 0.1) is 5.69 Å². The first-order valence-corrected chi connectivity index (χ1v) is 10.4. The molecule has 15 heteroatoms. The number of amides is 2. The quantitative estimate of drug-likeness (QED) is 0.302. The van der Waals surface area contributed by atoms with Crippen LogP contribution in [0.5, 0.6) is 0 Å². The molecule has 34 heavy (non-hydrogen) atoms. The summed E-state index contributed by atoms with van der Waals surface area (Å²) in [5.41, 5.74) is 3.09. The number of primary amides is 1. The lowest BCUT2D eigenvalue weighted by Gasteiger charge is -2.10. The molecule has 0 saturated carbocycles. The van der Waals surface area contributed by atoms with Crippen molar-refractivity contribution in [3.8, 4) is 0 Å². The Balaban J connectivity index is 1.82. The molecule has 178 valence electrons. The summed E-state index contributed by atoms with van der Waals surface area (Å²) in [6.45, 7) is 2.79. The van der Waals surface area contributed by atoms with Crippen LogP contribution in [0.1, 0.15) is 42.8 Å². The van der Waals surface area contributed by atoms with E-state index in [-0.39, 0.29) is 43.4 Å². The van der Waals surface area contributed by atoms with Crippen LogP contribution in [0.25, 0.3) is 15.9 Å². The average Bonchev–Trinajstić information content (AvgIpc) is 3.27. The summed E-state index contributed by atoms with van der Waals surface area (Å²) in [6.07, 6.45) is -4.73. The Kier molecular flexibility index (Phi) is 5.48. The fourth-order valence-electron chi connectivity index (χ4n) is 3.31. The van der Waals surface area contributed by atoms with Crippen LogP contribution in [0, 0.1) is 13.8 Å². The minimum absolute atomic E-state index is 0.0749. The second-order valence-electron chi connectivity index (χ2n) is 7.21. The number of aromatic nitrogens is 4. The lowest BCUT2D eigenvalue weighted by Crippen LogP contribution is -2.18. The predicted octanol–water partition coefficient (Wildman–Crippen LogP) is 4.61. The van der Waals surface area contributed by atoms with Gasteiger partial charge in [-0.2, -0.15) is 27.1 Å². The maximum absolute atomic E-state index is 13.8. The van der Waals surface area contributed by atoms with E-state index in [1.807, 2.05) is 0 Å². The van der Waals surface area contributed by atoms with Gasteiger partial charge >= 0.3 is 11.6 Å². The molecule has 4 rings (SSSR count). The third kappa shape index (κ3) is 4.14. The van der Waals surface area contributed by atoms with Crippen LogP contribution >= 0.6 is 22.9 Å². The van der Waals surface area contributed by atoms with Gasteiger partial charge in [-0.3, -0.25) is 9.59 Å². The number of nitrogens with zero attached hydrogens (tertiary/aromatic N) is 4. The van der Waals surface area contributed by atoms with Gasteiger partial charge in [-0.05, 0) is 43.1 Å². The van der Waals surface area contributed by atoms with Gasteiger partial charge in [0.1, 0.15) is 21.1 Å². The zero-order chi connectivity index (χ0) is 25.2. The SMILES string of the molecule is Cc1cc(C(F)(F)Cl)n2nc(C(=O)Nc3c(C(N)=O)sc4nc(C(F)(F)F)cc(C)c34)cc2n1. The van der Waals surface area contributed by atoms with Crippen LogP contribution in [-0.4, -0.2) is 31.4 Å². The molecule has 8 nitrogen and oxygen atoms in total. The standard InChI is InChI=1S/C19H12ClF5N6O2S/c1-6-3-9(19(23,24)25)28-17-12(6)13(14(34-17)15(26)32)29-16(33)8-5-11-27-7(2)4-10(18(20,21)22)31(11)30-8/h3-5H,1-2H3,(H2,26,32)(H,29,33). The molecule has 4 aromatic heterocycles. The monoisotopic (exact) mass is 518 g/mol. The molecule has 0 aliphatic carbocycles. The molecule has 0 unspecified atom stereocenters. The molecule has 4 aromatic rings. The van der Waals surface area contributed by atoms with E-state index in [9.17, 15) is 31.5 Å². The summed E-state index contributed by atoms with van der Waals surface area (Å²) in [7, 11) is 0. The molecular formula is C19H12ClF5N6O2S. The minimum Gasteiger partial charge on any atom is -0.365 e. The largest absolute Gasteiger partial charge is 0.433 e. The van der Waals surface area contributed by atoms with Crippen molar-refractivity contribution in [1.29, 1.82) is 0 Å². The van der Waals surface area contributed by atoms with E-state index in [2.05, 4.69) is 20.4 Å². The van der Waals surface area contributed by atoms with Crippen LogP contribution in [0.15, 0.2) is 18.2 Å². The van der Waals surface area contributed by atoms with Gasteiger partial charge in [0.2, 0.25) is 0 Å². The first kappa shape index (κ1) is 23.8. The van der Waals surface area contributed by atoms with Crippen molar-refractivity contribution in [3.63, 3.8) is 0 Å². The lowest BCUT2D eigenvalue weighted by molar-refractivity contribution is -0.141. The van der Waals surface area contributed by atoms with E-state index < -0.39 is 34.8 Å². The number of hydrogen-bond acceptors (Lipinski definition) is 6. The van der Waals surface area contributed by atoms with Gasteiger partial charge in [-0.25, -0.2) is 14.5 Å². The molecule has 4 heterocycles. The van der Waals surface area contributed by atoms with Gasteiger partial charge in [-0.15, -0.1) is 11.3 Å². The molecule has 0 saturated heterocycles. The number of halogens is 6. The summed E-state index contributed by atoms with van der Waals surface area (Å²) >= 11 is 5.71. The molecular weight excluding hydrogens is 507 g/mol. The van der Waals surface area contributed by atoms with Crippen LogP contribution < -0.4 is 11.1 Å². The summed E-state index contributed by atoms with van der Waals surface area (Å²) in [5, 5.41) is 2.48. The molecule has 0 bridgehead atoms. The summed E-state index contributed by atoms with van der Waals surface area (Å²) in [5.74, 6) is -1.96. The van der Waals surface area contributed by atoms with E-state index >= 15 is 0 Å². The normalized spacial score (nSPS) is 12.5. The number of alkyl halides is 6. The van der Waals surface area contributed by atoms with E-state index in [4.69, 9.17) is 17.3 Å². The Morgan fingerprint density at radius 3 is 2.38 bits per heavy atom. The van der Waals surface area contributed by atoms with Crippen molar-refractivity contribution >= 4 is 56.3 Å². The third-order valence-electron chi connectivity index (χ3n) is 4.69. The number of aryl methyl sites for hydroxylation is 2. The Bertz CT molecular complexity index is 1490. The average molecular weight is 519 g/mol. The smallest absolute Gasteiger partial charge is 0.365 e. The van der Waals surface area contributed by atoms with Crippen molar-refractivity contribution in [3.05, 3.63) is 51.4 Å². The van der Waals surface area contributed by atoms with Gasteiger partial charge in [0.25, 0.3) is 11.8 Å².